The van der Waals surface area contributed by atoms with Gasteiger partial charge < -0.3 is 9.47 Å². The average molecular weight is 216 g/mol. The molecule has 0 saturated carbocycles. The van der Waals surface area contributed by atoms with Crippen LogP contribution < -0.4 is 11.3 Å². The van der Waals surface area contributed by atoms with Gasteiger partial charge in [0.2, 0.25) is 0 Å². The van der Waals surface area contributed by atoms with Gasteiger partial charge in [0.05, 0.1) is 19.3 Å². The Morgan fingerprint density at radius 1 is 1.57 bits per heavy atom. The van der Waals surface area contributed by atoms with Crippen LogP contribution in [0.15, 0.2) is 11.8 Å². The molecule has 2 heterocycles. The molecule has 1 saturated heterocycles. The number of ether oxygens (including phenoxy) is 2. The molecule has 2 aliphatic rings. The topological polar surface area (TPSA) is 56.5 Å². The summed E-state index contributed by atoms with van der Waals surface area (Å²) in [5, 5.41) is 0. The van der Waals surface area contributed by atoms with Gasteiger partial charge >= 0.3 is 0 Å². The lowest BCUT2D eigenvalue weighted by atomic mass is 10.1. The third-order valence-electron chi connectivity index (χ3n) is 2.43. The Kier molecular flexibility index (Phi) is 3.69. The quantitative estimate of drug-likeness (QED) is 0.523. The lowest BCUT2D eigenvalue weighted by Gasteiger charge is -2.29. The highest BCUT2D eigenvalue weighted by Gasteiger charge is 2.29. The molecule has 0 spiro atoms. The lowest BCUT2D eigenvalue weighted by Crippen LogP contribution is -2.49. The first-order chi connectivity index (χ1) is 6.92. The summed E-state index contributed by atoms with van der Waals surface area (Å²) in [6, 6.07) is 0.0188. The van der Waals surface area contributed by atoms with Gasteiger partial charge in [0.15, 0.2) is 0 Å². The van der Waals surface area contributed by atoms with Crippen LogP contribution in [-0.2, 0) is 9.47 Å². The standard InChI is InChI=1S/C9H16N2O2S/c10-11-9(7-2-1-3-12-7)8-6-14-5-4-13-8/h2,8-9,11H,1,3-6,10H2. The van der Waals surface area contributed by atoms with E-state index in [1.165, 1.54) is 0 Å². The minimum atomic E-state index is 0.0188. The molecule has 2 unspecified atom stereocenters. The zero-order valence-corrected chi connectivity index (χ0v) is 8.89. The maximum Gasteiger partial charge on any atom is 0.113 e. The number of rotatable bonds is 3. The van der Waals surface area contributed by atoms with Gasteiger partial charge in [-0.25, -0.2) is 5.43 Å². The molecule has 0 aromatic heterocycles. The number of hydrogen-bond acceptors (Lipinski definition) is 5. The Morgan fingerprint density at radius 3 is 3.07 bits per heavy atom. The van der Waals surface area contributed by atoms with E-state index in [0.29, 0.717) is 0 Å². The zero-order chi connectivity index (χ0) is 9.80. The number of nitrogens with two attached hydrogens (primary N) is 1. The summed E-state index contributed by atoms with van der Waals surface area (Å²) in [6.07, 6.45) is 3.21. The number of hydrazine groups is 1. The molecule has 4 nitrogen and oxygen atoms in total. The molecule has 0 aromatic rings. The number of nitrogens with one attached hydrogen (secondary N) is 1. The average Bonchev–Trinajstić information content (AvgIpc) is 2.74. The number of hydrogen-bond donors (Lipinski definition) is 2. The van der Waals surface area contributed by atoms with Gasteiger partial charge in [-0.2, -0.15) is 11.8 Å². The fourth-order valence-corrected chi connectivity index (χ4v) is 2.63. The molecule has 80 valence electrons. The highest BCUT2D eigenvalue weighted by atomic mass is 32.2. The maximum atomic E-state index is 5.66. The molecule has 0 aliphatic carbocycles. The summed E-state index contributed by atoms with van der Waals surface area (Å²) in [4.78, 5) is 0. The van der Waals surface area contributed by atoms with Crippen LogP contribution in [-0.4, -0.2) is 36.9 Å². The fourth-order valence-electron chi connectivity index (χ4n) is 1.72. The van der Waals surface area contributed by atoms with E-state index in [9.17, 15) is 0 Å². The highest BCUT2D eigenvalue weighted by molar-refractivity contribution is 7.99. The van der Waals surface area contributed by atoms with E-state index < -0.39 is 0 Å². The summed E-state index contributed by atoms with van der Waals surface area (Å²) < 4.78 is 11.1. The van der Waals surface area contributed by atoms with Gasteiger partial charge in [-0.1, -0.05) is 0 Å². The Bertz CT molecular complexity index is 217. The van der Waals surface area contributed by atoms with Gasteiger partial charge in [0.25, 0.3) is 0 Å². The van der Waals surface area contributed by atoms with Crippen molar-refractivity contribution in [3.63, 3.8) is 0 Å². The van der Waals surface area contributed by atoms with Crippen LogP contribution in [0, 0.1) is 0 Å². The van der Waals surface area contributed by atoms with Crippen molar-refractivity contribution in [2.24, 2.45) is 5.84 Å². The highest BCUT2D eigenvalue weighted by Crippen LogP contribution is 2.22. The van der Waals surface area contributed by atoms with Gasteiger partial charge in [-0.15, -0.1) is 0 Å². The van der Waals surface area contributed by atoms with E-state index >= 15 is 0 Å². The van der Waals surface area contributed by atoms with E-state index in [1.54, 1.807) is 0 Å². The normalized spacial score (nSPS) is 29.5. The fraction of sp³-hybridized carbons (Fsp3) is 0.778. The Hall–Kier alpha value is -0.230. The first-order valence-electron chi connectivity index (χ1n) is 4.90. The molecular formula is C9H16N2O2S. The van der Waals surface area contributed by atoms with Crippen molar-refractivity contribution in [3.8, 4) is 0 Å². The molecular weight excluding hydrogens is 200 g/mol. The van der Waals surface area contributed by atoms with Crippen molar-refractivity contribution in [1.82, 2.24) is 5.43 Å². The van der Waals surface area contributed by atoms with Gasteiger partial charge in [-0.05, 0) is 6.08 Å². The molecule has 2 rings (SSSR count). The van der Waals surface area contributed by atoms with Crippen LogP contribution in [0.3, 0.4) is 0 Å². The van der Waals surface area contributed by atoms with Crippen molar-refractivity contribution in [2.75, 3.05) is 24.7 Å². The minimum Gasteiger partial charge on any atom is -0.496 e. The second-order valence-corrected chi connectivity index (χ2v) is 4.52. The van der Waals surface area contributed by atoms with Crippen LogP contribution in [0.4, 0.5) is 0 Å². The number of thioether (sulfide) groups is 1. The van der Waals surface area contributed by atoms with Crippen LogP contribution >= 0.6 is 11.8 Å². The van der Waals surface area contributed by atoms with Crippen molar-refractivity contribution >= 4 is 11.8 Å². The molecule has 0 radical (unpaired) electrons. The van der Waals surface area contributed by atoms with Crippen molar-refractivity contribution < 1.29 is 9.47 Å². The van der Waals surface area contributed by atoms with Crippen LogP contribution in [0.25, 0.3) is 0 Å². The predicted octanol–water partition coefficient (Wildman–Crippen LogP) is 0.254. The Morgan fingerprint density at radius 2 is 2.50 bits per heavy atom. The molecule has 0 bridgehead atoms. The molecule has 0 aromatic carbocycles. The Balaban J connectivity index is 1.96. The summed E-state index contributed by atoms with van der Waals surface area (Å²) >= 11 is 1.90. The van der Waals surface area contributed by atoms with E-state index in [2.05, 4.69) is 11.5 Å². The molecule has 14 heavy (non-hydrogen) atoms. The zero-order valence-electron chi connectivity index (χ0n) is 8.07. The second-order valence-electron chi connectivity index (χ2n) is 3.37. The van der Waals surface area contributed by atoms with Gasteiger partial charge in [0, 0.05) is 17.9 Å². The van der Waals surface area contributed by atoms with Crippen molar-refractivity contribution in [2.45, 2.75) is 18.6 Å². The first kappa shape index (κ1) is 10.3. The van der Waals surface area contributed by atoms with Crippen molar-refractivity contribution in [3.05, 3.63) is 11.8 Å². The lowest BCUT2D eigenvalue weighted by molar-refractivity contribution is 0.0403. The van der Waals surface area contributed by atoms with E-state index in [4.69, 9.17) is 15.3 Å². The van der Waals surface area contributed by atoms with E-state index in [0.717, 1.165) is 36.9 Å². The molecule has 3 N–H and O–H groups in total. The first-order valence-corrected chi connectivity index (χ1v) is 6.05. The smallest absolute Gasteiger partial charge is 0.113 e. The monoisotopic (exact) mass is 216 g/mol. The second kappa shape index (κ2) is 5.02. The summed E-state index contributed by atoms with van der Waals surface area (Å²) in [5.41, 5.74) is 2.78. The summed E-state index contributed by atoms with van der Waals surface area (Å²) in [7, 11) is 0. The minimum absolute atomic E-state index is 0.0188. The molecule has 0 amide bonds. The SMILES string of the molecule is NNC(C1=CCCO1)C1CSCCO1. The van der Waals surface area contributed by atoms with Crippen LogP contribution in [0.2, 0.25) is 0 Å². The third-order valence-corrected chi connectivity index (χ3v) is 3.45. The molecule has 1 fully saturated rings. The van der Waals surface area contributed by atoms with Crippen molar-refractivity contribution in [1.29, 1.82) is 0 Å². The summed E-state index contributed by atoms with van der Waals surface area (Å²) in [5.74, 6) is 8.53. The Labute approximate surface area is 88.2 Å². The molecule has 5 heteroatoms. The molecule has 2 atom stereocenters. The van der Waals surface area contributed by atoms with Crippen LogP contribution in [0.5, 0.6) is 0 Å². The molecule has 2 aliphatic heterocycles. The third kappa shape index (κ3) is 2.23. The van der Waals surface area contributed by atoms with E-state index in [1.807, 2.05) is 11.8 Å². The largest absolute Gasteiger partial charge is 0.496 e. The maximum absolute atomic E-state index is 5.66. The van der Waals surface area contributed by atoms with Gasteiger partial charge in [0.1, 0.15) is 11.8 Å². The van der Waals surface area contributed by atoms with E-state index in [-0.39, 0.29) is 12.1 Å². The van der Waals surface area contributed by atoms with Crippen LogP contribution in [0.1, 0.15) is 6.42 Å². The van der Waals surface area contributed by atoms with Gasteiger partial charge in [-0.3, -0.25) is 5.84 Å². The summed E-state index contributed by atoms with van der Waals surface area (Å²) in [6.45, 7) is 1.58. The predicted molar refractivity (Wildman–Crippen MR) is 56.8 cm³/mol.